The second kappa shape index (κ2) is 7.87. The van der Waals surface area contributed by atoms with Crippen LogP contribution in [0.2, 0.25) is 0 Å². The van der Waals surface area contributed by atoms with Gasteiger partial charge in [0.25, 0.3) is 5.91 Å². The monoisotopic (exact) mass is 399 g/mol. The number of anilines is 1. The van der Waals surface area contributed by atoms with Crippen molar-refractivity contribution in [1.29, 1.82) is 0 Å². The summed E-state index contributed by atoms with van der Waals surface area (Å²) in [5, 5.41) is 2.88. The third kappa shape index (κ3) is 4.25. The molecule has 0 spiro atoms. The summed E-state index contributed by atoms with van der Waals surface area (Å²) >= 11 is 0. The number of hydrogen-bond donors (Lipinski definition) is 1. The molecule has 150 valence electrons. The molecule has 4 rings (SSSR count). The molecule has 0 saturated carbocycles. The normalized spacial score (nSPS) is 10.8. The number of nitrogens with zero attached hydrogens (tertiary/aromatic N) is 4. The zero-order chi connectivity index (χ0) is 21.3. The molecule has 1 amide bonds. The van der Waals surface area contributed by atoms with Crippen LogP contribution in [0.5, 0.6) is 11.8 Å². The number of aryl methyl sites for hydroxylation is 4. The van der Waals surface area contributed by atoms with E-state index in [1.165, 1.54) is 0 Å². The van der Waals surface area contributed by atoms with Gasteiger partial charge in [0, 0.05) is 22.6 Å². The molecule has 2 heterocycles. The van der Waals surface area contributed by atoms with Gasteiger partial charge < -0.3 is 10.1 Å². The van der Waals surface area contributed by atoms with Crippen LogP contribution in [0.4, 0.5) is 5.69 Å². The molecule has 7 heteroatoms. The van der Waals surface area contributed by atoms with E-state index in [1.807, 2.05) is 39.8 Å². The summed E-state index contributed by atoms with van der Waals surface area (Å²) in [6.45, 7) is 7.60. The van der Waals surface area contributed by atoms with Crippen molar-refractivity contribution in [2.75, 3.05) is 5.32 Å². The van der Waals surface area contributed by atoms with E-state index in [4.69, 9.17) is 4.74 Å². The van der Waals surface area contributed by atoms with Crippen LogP contribution in [0, 0.1) is 27.7 Å². The van der Waals surface area contributed by atoms with Gasteiger partial charge in [-0.05, 0) is 76.2 Å². The number of carbonyl (C=O) groups is 1. The van der Waals surface area contributed by atoms with Gasteiger partial charge >= 0.3 is 6.01 Å². The smallest absolute Gasteiger partial charge is 0.322 e. The second-order valence-electron chi connectivity index (χ2n) is 7.11. The minimum atomic E-state index is -0.219. The molecule has 0 bridgehead atoms. The van der Waals surface area contributed by atoms with E-state index in [9.17, 15) is 4.79 Å². The van der Waals surface area contributed by atoms with Crippen molar-refractivity contribution in [2.24, 2.45) is 0 Å². The molecule has 1 N–H and O–H groups in total. The molecular weight excluding hydrogens is 378 g/mol. The van der Waals surface area contributed by atoms with Crippen LogP contribution >= 0.6 is 0 Å². The number of aromatic nitrogens is 4. The van der Waals surface area contributed by atoms with Gasteiger partial charge in [-0.3, -0.25) is 4.79 Å². The Bertz CT molecular complexity index is 1230. The highest BCUT2D eigenvalue weighted by Gasteiger charge is 2.10. The quantitative estimate of drug-likeness (QED) is 0.535. The molecule has 0 saturated heterocycles. The standard InChI is InChI=1S/C23H21N5O2/c1-13-11-14(2)25-23(24-13)30-19-8-6-18(7-9-19)28-22(29)17-5-10-20-21(12-17)27-16(4)15(3)26-20/h5-12H,1-4H3,(H,28,29). The van der Waals surface area contributed by atoms with Crippen molar-refractivity contribution in [3.05, 3.63) is 76.9 Å². The number of amides is 1. The maximum absolute atomic E-state index is 12.6. The van der Waals surface area contributed by atoms with Gasteiger partial charge in [0.2, 0.25) is 0 Å². The number of nitrogens with one attached hydrogen (secondary N) is 1. The molecule has 0 fully saturated rings. The summed E-state index contributed by atoms with van der Waals surface area (Å²) in [4.78, 5) is 30.2. The highest BCUT2D eigenvalue weighted by atomic mass is 16.5. The van der Waals surface area contributed by atoms with Crippen LogP contribution in [-0.4, -0.2) is 25.8 Å². The number of hydrogen-bond acceptors (Lipinski definition) is 6. The van der Waals surface area contributed by atoms with E-state index >= 15 is 0 Å². The highest BCUT2D eigenvalue weighted by molar-refractivity contribution is 6.05. The zero-order valence-corrected chi connectivity index (χ0v) is 17.2. The number of fused-ring (bicyclic) bond motifs is 1. The first-order valence-electron chi connectivity index (χ1n) is 9.54. The first kappa shape index (κ1) is 19.4. The molecule has 7 nitrogen and oxygen atoms in total. The molecule has 0 radical (unpaired) electrons. The fourth-order valence-corrected chi connectivity index (χ4v) is 3.03. The van der Waals surface area contributed by atoms with Crippen molar-refractivity contribution in [3.63, 3.8) is 0 Å². The molecule has 2 aromatic heterocycles. The van der Waals surface area contributed by atoms with Gasteiger partial charge in [0.1, 0.15) is 5.75 Å². The van der Waals surface area contributed by atoms with E-state index in [0.717, 1.165) is 28.3 Å². The van der Waals surface area contributed by atoms with Gasteiger partial charge in [-0.1, -0.05) is 0 Å². The Balaban J connectivity index is 1.48. The van der Waals surface area contributed by atoms with E-state index < -0.39 is 0 Å². The zero-order valence-electron chi connectivity index (χ0n) is 17.2. The molecule has 30 heavy (non-hydrogen) atoms. The lowest BCUT2D eigenvalue weighted by Crippen LogP contribution is -2.12. The van der Waals surface area contributed by atoms with E-state index in [1.54, 1.807) is 36.4 Å². The van der Waals surface area contributed by atoms with E-state index in [0.29, 0.717) is 28.5 Å². The van der Waals surface area contributed by atoms with Crippen LogP contribution in [0.15, 0.2) is 48.5 Å². The largest absolute Gasteiger partial charge is 0.424 e. The molecule has 0 aliphatic carbocycles. The summed E-state index contributed by atoms with van der Waals surface area (Å²) in [5.41, 5.74) is 6.05. The number of ether oxygens (including phenoxy) is 1. The lowest BCUT2D eigenvalue weighted by atomic mass is 10.1. The van der Waals surface area contributed by atoms with Crippen molar-refractivity contribution in [1.82, 2.24) is 19.9 Å². The lowest BCUT2D eigenvalue weighted by Gasteiger charge is -2.09. The average molecular weight is 399 g/mol. The topological polar surface area (TPSA) is 89.9 Å². The third-order valence-electron chi connectivity index (χ3n) is 4.62. The number of rotatable bonds is 4. The summed E-state index contributed by atoms with van der Waals surface area (Å²) in [7, 11) is 0. The van der Waals surface area contributed by atoms with Crippen molar-refractivity contribution in [2.45, 2.75) is 27.7 Å². The van der Waals surface area contributed by atoms with Gasteiger partial charge in [-0.2, -0.15) is 0 Å². The lowest BCUT2D eigenvalue weighted by molar-refractivity contribution is 0.102. The molecule has 4 aromatic rings. The van der Waals surface area contributed by atoms with Gasteiger partial charge in [0.05, 0.1) is 22.4 Å². The van der Waals surface area contributed by atoms with Crippen molar-refractivity contribution < 1.29 is 9.53 Å². The summed E-state index contributed by atoms with van der Waals surface area (Å²) < 4.78 is 5.70. The van der Waals surface area contributed by atoms with Crippen molar-refractivity contribution >= 4 is 22.6 Å². The van der Waals surface area contributed by atoms with Crippen LogP contribution in [-0.2, 0) is 0 Å². The Morgan fingerprint density at radius 1 is 0.767 bits per heavy atom. The maximum Gasteiger partial charge on any atom is 0.322 e. The fraction of sp³-hybridized carbons (Fsp3) is 0.174. The minimum absolute atomic E-state index is 0.219. The predicted octanol–water partition coefficient (Wildman–Crippen LogP) is 4.70. The second-order valence-corrected chi connectivity index (χ2v) is 7.11. The van der Waals surface area contributed by atoms with E-state index in [-0.39, 0.29) is 5.91 Å². The number of carbonyl (C=O) groups excluding carboxylic acids is 1. The van der Waals surface area contributed by atoms with Gasteiger partial charge in [-0.25, -0.2) is 19.9 Å². The number of benzene rings is 2. The molecule has 0 aliphatic rings. The fourth-order valence-electron chi connectivity index (χ4n) is 3.03. The minimum Gasteiger partial charge on any atom is -0.424 e. The van der Waals surface area contributed by atoms with Crippen LogP contribution in [0.1, 0.15) is 33.1 Å². The predicted molar refractivity (Wildman–Crippen MR) is 115 cm³/mol. The highest BCUT2D eigenvalue weighted by Crippen LogP contribution is 2.22. The Morgan fingerprint density at radius 2 is 1.40 bits per heavy atom. The molecular formula is C23H21N5O2. The molecule has 0 unspecified atom stereocenters. The first-order valence-corrected chi connectivity index (χ1v) is 9.54. The average Bonchev–Trinajstić information content (AvgIpc) is 2.69. The third-order valence-corrected chi connectivity index (χ3v) is 4.62. The SMILES string of the molecule is Cc1cc(C)nc(Oc2ccc(NC(=O)c3ccc4nc(C)c(C)nc4c3)cc2)n1. The summed E-state index contributed by atoms with van der Waals surface area (Å²) in [5.74, 6) is 0.369. The van der Waals surface area contributed by atoms with Crippen LogP contribution < -0.4 is 10.1 Å². The van der Waals surface area contributed by atoms with Gasteiger partial charge in [0.15, 0.2) is 0 Å². The van der Waals surface area contributed by atoms with Crippen LogP contribution in [0.25, 0.3) is 11.0 Å². The Kier molecular flexibility index (Phi) is 5.10. The maximum atomic E-state index is 12.6. The molecule has 2 aromatic carbocycles. The van der Waals surface area contributed by atoms with Crippen molar-refractivity contribution in [3.8, 4) is 11.8 Å². The first-order chi connectivity index (χ1) is 14.4. The molecule has 0 aliphatic heterocycles. The van der Waals surface area contributed by atoms with Gasteiger partial charge in [-0.15, -0.1) is 0 Å². The van der Waals surface area contributed by atoms with Crippen LogP contribution in [0.3, 0.4) is 0 Å². The molecule has 0 atom stereocenters. The Morgan fingerprint density at radius 3 is 2.07 bits per heavy atom. The Hall–Kier alpha value is -3.87. The summed E-state index contributed by atoms with van der Waals surface area (Å²) in [6, 6.07) is 14.5. The Labute approximate surface area is 174 Å². The summed E-state index contributed by atoms with van der Waals surface area (Å²) in [6.07, 6.45) is 0. The van der Waals surface area contributed by atoms with E-state index in [2.05, 4.69) is 25.3 Å².